The van der Waals surface area contributed by atoms with E-state index >= 15 is 4.39 Å². The van der Waals surface area contributed by atoms with Crippen LogP contribution in [0.25, 0.3) is 21.8 Å². The third-order valence-corrected chi connectivity index (χ3v) is 4.71. The zero-order valence-electron chi connectivity index (χ0n) is 32.1. The normalized spacial score (nSPS) is 28.4. The lowest BCUT2D eigenvalue weighted by Gasteiger charge is -2.16. The van der Waals surface area contributed by atoms with Gasteiger partial charge in [0.2, 0.25) is 5.88 Å². The van der Waals surface area contributed by atoms with Crippen LogP contribution >= 0.6 is 0 Å². The molecule has 3 heterocycles. The Hall–Kier alpha value is -3.39. The minimum absolute atomic E-state index is 0.00453. The van der Waals surface area contributed by atoms with Gasteiger partial charge in [0.1, 0.15) is 6.33 Å². The molecule has 0 saturated carbocycles. The Balaban J connectivity index is 1.52. The van der Waals surface area contributed by atoms with E-state index in [2.05, 4.69) is 15.0 Å². The van der Waals surface area contributed by atoms with Crippen molar-refractivity contribution in [1.29, 1.82) is 0 Å². The molecule has 172 valence electrons. The molecule has 1 aliphatic rings. The highest BCUT2D eigenvalue weighted by atomic mass is 19.1. The minimum Gasteiger partial charge on any atom is -0.493 e. The van der Waals surface area contributed by atoms with Crippen LogP contribution in [0, 0.1) is 12.7 Å². The summed E-state index contributed by atoms with van der Waals surface area (Å²) in [4.78, 5) is 10.6. The van der Waals surface area contributed by atoms with Gasteiger partial charge in [-0.15, -0.1) is 0 Å². The van der Waals surface area contributed by atoms with Crippen molar-refractivity contribution < 1.29 is 39.2 Å². The Labute approximate surface area is 212 Å². The van der Waals surface area contributed by atoms with Gasteiger partial charge < -0.3 is 24.1 Å². The van der Waals surface area contributed by atoms with Crippen molar-refractivity contribution in [3.8, 4) is 23.1 Å². The summed E-state index contributed by atoms with van der Waals surface area (Å²) in [6.07, 6.45) is -9.66. The van der Waals surface area contributed by atoms with Crippen LogP contribution in [0.3, 0.4) is 0 Å². The van der Waals surface area contributed by atoms with E-state index in [9.17, 15) is 0 Å². The highest BCUT2D eigenvalue weighted by Crippen LogP contribution is 2.37. The number of aromatic amines is 1. The number of ether oxygens (including phenoxy) is 3. The first kappa shape index (κ1) is 10.3. The van der Waals surface area contributed by atoms with Crippen LogP contribution in [0.4, 0.5) is 4.39 Å². The topological polar surface area (TPSA) is 72.5 Å². The zero-order valence-corrected chi connectivity index (χ0v) is 17.1. The highest BCUT2D eigenvalue weighted by molar-refractivity contribution is 5.87. The number of hydrogen-bond donors (Lipinski definition) is 1. The van der Waals surface area contributed by atoms with E-state index in [0.717, 1.165) is 18.5 Å². The molecule has 1 saturated heterocycles. The van der Waals surface area contributed by atoms with Crippen molar-refractivity contribution in [3.05, 3.63) is 48.2 Å². The van der Waals surface area contributed by atoms with E-state index in [4.69, 9.17) is 34.8 Å². The van der Waals surface area contributed by atoms with Gasteiger partial charge in [-0.3, -0.25) is 0 Å². The van der Waals surface area contributed by atoms with Gasteiger partial charge >= 0.3 is 0 Å². The molecule has 0 unspecified atom stereocenters. The highest BCUT2D eigenvalue weighted by Gasteiger charge is 2.17. The molecule has 0 aliphatic carbocycles. The van der Waals surface area contributed by atoms with E-state index < -0.39 is 74.5 Å². The molecule has 0 bridgehead atoms. The van der Waals surface area contributed by atoms with Crippen molar-refractivity contribution in [3.63, 3.8) is 0 Å². The molecule has 0 amide bonds. The molecular weight excluding hydrogens is 423 g/mol. The number of rotatable bonds is 8. The molecule has 1 aliphatic heterocycles. The molecule has 0 radical (unpaired) electrons. The lowest BCUT2D eigenvalue weighted by Crippen LogP contribution is -2.21. The molecule has 8 heteroatoms. The fourth-order valence-corrected chi connectivity index (χ4v) is 3.26. The molecule has 1 N–H and O–H groups in total. The first-order chi connectivity index (χ1) is 21.8. The predicted molar refractivity (Wildman–Crippen MR) is 125 cm³/mol. The summed E-state index contributed by atoms with van der Waals surface area (Å²) in [6.45, 7) is -10.8. The molecule has 4 aromatic rings. The van der Waals surface area contributed by atoms with Gasteiger partial charge in [0.05, 0.1) is 28.7 Å². The van der Waals surface area contributed by atoms with E-state index in [1.165, 1.54) is 6.07 Å². The Bertz CT molecular complexity index is 1870. The van der Waals surface area contributed by atoms with Gasteiger partial charge in [-0.2, -0.15) is 0 Å². The Morgan fingerprint density at radius 2 is 2.03 bits per heavy atom. The fourth-order valence-electron chi connectivity index (χ4n) is 3.26. The summed E-state index contributed by atoms with van der Waals surface area (Å²) >= 11 is 0. The second-order valence-corrected chi connectivity index (χ2v) is 6.88. The number of aromatic nitrogens is 3. The third-order valence-electron chi connectivity index (χ3n) is 4.71. The monoisotopic (exact) mass is 465 g/mol. The number of H-pyrrole nitrogens is 1. The third kappa shape index (κ3) is 4.43. The second kappa shape index (κ2) is 9.23. The van der Waals surface area contributed by atoms with Crippen molar-refractivity contribution in [1.82, 2.24) is 19.9 Å². The molecule has 2 aromatic carbocycles. The molecule has 0 spiro atoms. The van der Waals surface area contributed by atoms with Gasteiger partial charge in [-0.25, -0.2) is 14.4 Å². The number of benzene rings is 2. The van der Waals surface area contributed by atoms with Crippen LogP contribution in [0.1, 0.15) is 45.4 Å². The van der Waals surface area contributed by atoms with Crippen molar-refractivity contribution in [2.24, 2.45) is 0 Å². The molecule has 33 heavy (non-hydrogen) atoms. The maximum absolute atomic E-state index is 15.3. The van der Waals surface area contributed by atoms with Gasteiger partial charge in [-0.1, -0.05) is 0 Å². The van der Waals surface area contributed by atoms with E-state index in [0.29, 0.717) is 11.2 Å². The van der Waals surface area contributed by atoms with E-state index in [1.54, 1.807) is 19.1 Å². The summed E-state index contributed by atoms with van der Waals surface area (Å²) in [6, 6.07) is 6.61. The predicted octanol–water partition coefficient (Wildman–Crippen LogP) is 5.22. The smallest absolute Gasteiger partial charge is 0.230 e. The summed E-state index contributed by atoms with van der Waals surface area (Å²) in [5.74, 6) is -2.27. The van der Waals surface area contributed by atoms with Gasteiger partial charge in [0.25, 0.3) is 0 Å². The molecular formula is C25H27FN4O3. The molecule has 0 atom stereocenters. The molecule has 7 nitrogen and oxygen atoms in total. The number of hydrogen-bond acceptors (Lipinski definition) is 6. The quantitative estimate of drug-likeness (QED) is 0.384. The lowest BCUT2D eigenvalue weighted by molar-refractivity contribution is 0.254. The first-order valence-electron chi connectivity index (χ1n) is 17.1. The largest absolute Gasteiger partial charge is 0.493 e. The number of nitrogens with zero attached hydrogens (tertiary/aromatic N) is 3. The molecule has 2 aromatic heterocycles. The van der Waals surface area contributed by atoms with Gasteiger partial charge in [0, 0.05) is 45.6 Å². The Morgan fingerprint density at radius 1 is 1.15 bits per heavy atom. The molecule has 1 fully saturated rings. The van der Waals surface area contributed by atoms with Crippen molar-refractivity contribution in [2.45, 2.75) is 26.0 Å². The SMILES string of the molecule is [2H]C([2H])([2H])Oc1cc2c(Oc3ccc4[nH]c(C)cc4c3F)ncnc2cc1OCC([2H])([2H])C([2H])([2H])N1C([2H])([2H])C([2H])([2H])C([2H])([2H])C1([2H])[2H]. The number of likely N-dealkylation sites (tertiary alicyclic amines) is 1. The molecule has 5 rings (SSSR count). The van der Waals surface area contributed by atoms with Gasteiger partial charge in [-0.05, 0) is 63.3 Å². The average Bonchev–Trinajstić information content (AvgIpc) is 3.35. The number of fused-ring (bicyclic) bond motifs is 2. The number of nitrogens with one attached hydrogen (secondary N) is 1. The fraction of sp³-hybridized carbons (Fsp3) is 0.360. The summed E-state index contributed by atoms with van der Waals surface area (Å²) in [7, 11) is -3.11. The Morgan fingerprint density at radius 3 is 2.88 bits per heavy atom. The summed E-state index contributed by atoms with van der Waals surface area (Å²) in [5, 5.41) is 0.233. The lowest BCUT2D eigenvalue weighted by atomic mass is 10.2. The van der Waals surface area contributed by atoms with E-state index in [-0.39, 0.29) is 27.9 Å². The van der Waals surface area contributed by atoms with Crippen LogP contribution in [0.15, 0.2) is 36.7 Å². The van der Waals surface area contributed by atoms with E-state index in [1.807, 2.05) is 0 Å². The summed E-state index contributed by atoms with van der Waals surface area (Å²) in [5.41, 5.74) is 1.20. The zero-order chi connectivity index (χ0) is 36.0. The first-order valence-corrected chi connectivity index (χ1v) is 9.63. The second-order valence-electron chi connectivity index (χ2n) is 6.88. The maximum Gasteiger partial charge on any atom is 0.230 e. The van der Waals surface area contributed by atoms with Crippen LogP contribution < -0.4 is 14.2 Å². The van der Waals surface area contributed by atoms with Crippen molar-refractivity contribution in [2.75, 3.05) is 33.1 Å². The summed E-state index contributed by atoms with van der Waals surface area (Å²) < 4.78 is 152. The van der Waals surface area contributed by atoms with Gasteiger partial charge in [0.15, 0.2) is 23.1 Å². The number of halogens is 1. The Kier molecular flexibility index (Phi) is 2.87. The minimum atomic E-state index is -3.77. The standard InChI is InChI=1S/C25H27FN4O3/c1-16-12-17-19(29-16)6-7-21(24(17)26)33-25-18-13-22(31-2)23(14-20(18)27-15-28-25)32-11-5-10-30-8-3-4-9-30/h6-7,12-15,29H,3-5,8-11H2,1-2H3/i2D3,3D2,4D2,5D2,8D2,9D2,10D2. The average molecular weight is 466 g/mol. The van der Waals surface area contributed by atoms with Crippen LogP contribution in [-0.2, 0) is 0 Å². The van der Waals surface area contributed by atoms with Crippen molar-refractivity contribution >= 4 is 21.8 Å². The van der Waals surface area contributed by atoms with Crippen LogP contribution in [0.5, 0.6) is 23.1 Å². The van der Waals surface area contributed by atoms with Crippen LogP contribution in [-0.4, -0.2) is 53.0 Å². The number of methoxy groups -OCH3 is 1. The maximum atomic E-state index is 15.3. The number of aryl methyl sites for hydroxylation is 1. The van der Waals surface area contributed by atoms with Crippen LogP contribution in [0.2, 0.25) is 0 Å².